The average Bonchev–Trinajstić information content (AvgIpc) is 3.12. The van der Waals surface area contributed by atoms with E-state index in [-0.39, 0.29) is 17.5 Å². The molecule has 2 aromatic heterocycles. The van der Waals surface area contributed by atoms with Crippen molar-refractivity contribution in [1.29, 1.82) is 0 Å². The fraction of sp³-hybridized carbons (Fsp3) is 0.529. The average molecular weight is 344 g/mol. The number of amides is 1. The lowest BCUT2D eigenvalue weighted by atomic mass is 10.1. The van der Waals surface area contributed by atoms with E-state index in [1.807, 2.05) is 19.2 Å². The third-order valence-electron chi connectivity index (χ3n) is 4.67. The van der Waals surface area contributed by atoms with Gasteiger partial charge in [0.25, 0.3) is 5.56 Å². The van der Waals surface area contributed by atoms with Gasteiger partial charge >= 0.3 is 0 Å². The highest BCUT2D eigenvalue weighted by atomic mass is 16.1. The first-order valence-electron chi connectivity index (χ1n) is 8.62. The Bertz CT molecular complexity index is 775. The van der Waals surface area contributed by atoms with Crippen LogP contribution in [0.4, 0.5) is 5.95 Å². The molecule has 0 aliphatic carbocycles. The van der Waals surface area contributed by atoms with E-state index in [9.17, 15) is 9.59 Å². The minimum Gasteiger partial charge on any atom is -0.353 e. The van der Waals surface area contributed by atoms with Crippen molar-refractivity contribution in [2.75, 3.05) is 18.0 Å². The predicted molar refractivity (Wildman–Crippen MR) is 94.6 cm³/mol. The van der Waals surface area contributed by atoms with Gasteiger partial charge in [-0.1, -0.05) is 0 Å². The quantitative estimate of drug-likeness (QED) is 0.835. The molecule has 1 aliphatic rings. The Morgan fingerprint density at radius 2 is 2.12 bits per heavy atom. The van der Waals surface area contributed by atoms with Gasteiger partial charge in [0.2, 0.25) is 11.9 Å². The maximum Gasteiger partial charge on any atom is 0.255 e. The van der Waals surface area contributed by atoms with Gasteiger partial charge in [0, 0.05) is 55.7 Å². The molecule has 3 heterocycles. The van der Waals surface area contributed by atoms with Gasteiger partial charge in [0.1, 0.15) is 0 Å². The molecule has 2 aromatic rings. The zero-order valence-corrected chi connectivity index (χ0v) is 14.7. The third kappa shape index (κ3) is 4.26. The zero-order chi connectivity index (χ0) is 17.8. The molecule has 0 radical (unpaired) electrons. The van der Waals surface area contributed by atoms with Crippen LogP contribution in [0.1, 0.15) is 30.5 Å². The van der Waals surface area contributed by atoms with Gasteiger partial charge in [0.05, 0.1) is 0 Å². The van der Waals surface area contributed by atoms with Gasteiger partial charge in [-0.3, -0.25) is 19.3 Å². The second kappa shape index (κ2) is 7.50. The number of H-pyrrole nitrogens is 1. The fourth-order valence-electron chi connectivity index (χ4n) is 2.96. The van der Waals surface area contributed by atoms with Gasteiger partial charge in [-0.2, -0.15) is 5.10 Å². The molecule has 1 aliphatic heterocycles. The summed E-state index contributed by atoms with van der Waals surface area (Å²) in [5.74, 6) is 0.670. The zero-order valence-electron chi connectivity index (χ0n) is 14.7. The van der Waals surface area contributed by atoms with Crippen LogP contribution in [-0.4, -0.2) is 44.8 Å². The largest absolute Gasteiger partial charge is 0.353 e. The van der Waals surface area contributed by atoms with Crippen molar-refractivity contribution in [2.45, 2.75) is 45.7 Å². The summed E-state index contributed by atoms with van der Waals surface area (Å²) in [5, 5.41) is 7.18. The Morgan fingerprint density at radius 1 is 1.36 bits per heavy atom. The van der Waals surface area contributed by atoms with Crippen molar-refractivity contribution >= 4 is 11.9 Å². The summed E-state index contributed by atoms with van der Waals surface area (Å²) >= 11 is 0. The van der Waals surface area contributed by atoms with E-state index >= 15 is 0 Å². The van der Waals surface area contributed by atoms with Crippen LogP contribution in [0, 0.1) is 13.8 Å². The third-order valence-corrected chi connectivity index (χ3v) is 4.67. The molecule has 0 bridgehead atoms. The Hall–Kier alpha value is -2.64. The SMILES string of the molecule is Cc1nc(N2CCC(NC(=O)CCn3cccn3)CC2)[nH]c(=O)c1C. The molecule has 25 heavy (non-hydrogen) atoms. The van der Waals surface area contributed by atoms with Crippen LogP contribution in [0.25, 0.3) is 0 Å². The molecule has 134 valence electrons. The van der Waals surface area contributed by atoms with Crippen molar-refractivity contribution in [1.82, 2.24) is 25.1 Å². The number of aromatic amines is 1. The number of piperidine rings is 1. The van der Waals surface area contributed by atoms with E-state index in [4.69, 9.17) is 0 Å². The number of nitrogens with zero attached hydrogens (tertiary/aromatic N) is 4. The standard InChI is InChI=1S/C17H24N6O2/c1-12-13(2)19-17(21-16(12)25)22-9-4-14(5-10-22)20-15(24)6-11-23-8-3-7-18-23/h3,7-8,14H,4-6,9-11H2,1-2H3,(H,20,24)(H,19,21,25). The fourth-order valence-corrected chi connectivity index (χ4v) is 2.96. The molecule has 1 saturated heterocycles. The first kappa shape index (κ1) is 17.2. The number of aromatic nitrogens is 4. The first-order chi connectivity index (χ1) is 12.0. The minimum atomic E-state index is -0.0865. The molecule has 1 fully saturated rings. The number of hydrogen-bond donors (Lipinski definition) is 2. The van der Waals surface area contributed by atoms with Crippen LogP contribution in [0.5, 0.6) is 0 Å². The topological polar surface area (TPSA) is 95.9 Å². The molecule has 8 heteroatoms. The van der Waals surface area contributed by atoms with E-state index in [1.54, 1.807) is 17.8 Å². The Balaban J connectivity index is 1.48. The summed E-state index contributed by atoms with van der Waals surface area (Å²) in [4.78, 5) is 33.3. The Labute approximate surface area is 146 Å². The number of nitrogens with one attached hydrogen (secondary N) is 2. The van der Waals surface area contributed by atoms with E-state index in [0.29, 0.717) is 24.5 Å². The number of carbonyl (C=O) groups is 1. The number of aryl methyl sites for hydroxylation is 2. The highest BCUT2D eigenvalue weighted by molar-refractivity contribution is 5.76. The second-order valence-corrected chi connectivity index (χ2v) is 6.45. The molecular weight excluding hydrogens is 320 g/mol. The van der Waals surface area contributed by atoms with E-state index in [0.717, 1.165) is 31.6 Å². The monoisotopic (exact) mass is 344 g/mol. The number of carbonyl (C=O) groups excluding carboxylic acids is 1. The van der Waals surface area contributed by atoms with Gasteiger partial charge < -0.3 is 10.2 Å². The van der Waals surface area contributed by atoms with Gasteiger partial charge in [0.15, 0.2) is 0 Å². The van der Waals surface area contributed by atoms with Crippen molar-refractivity contribution in [3.63, 3.8) is 0 Å². The molecule has 8 nitrogen and oxygen atoms in total. The summed E-state index contributed by atoms with van der Waals surface area (Å²) in [5.41, 5.74) is 1.33. The van der Waals surface area contributed by atoms with E-state index < -0.39 is 0 Å². The highest BCUT2D eigenvalue weighted by Crippen LogP contribution is 2.16. The van der Waals surface area contributed by atoms with Crippen molar-refractivity contribution in [2.24, 2.45) is 0 Å². The summed E-state index contributed by atoms with van der Waals surface area (Å²) in [6.45, 7) is 5.73. The number of anilines is 1. The lowest BCUT2D eigenvalue weighted by Gasteiger charge is -2.32. The molecular formula is C17H24N6O2. The molecule has 1 amide bonds. The van der Waals surface area contributed by atoms with Gasteiger partial charge in [-0.05, 0) is 32.8 Å². The summed E-state index contributed by atoms with van der Waals surface area (Å²) in [6.07, 6.45) is 5.66. The second-order valence-electron chi connectivity index (χ2n) is 6.45. The van der Waals surface area contributed by atoms with Crippen molar-refractivity contribution < 1.29 is 4.79 Å². The molecule has 0 aromatic carbocycles. The summed E-state index contributed by atoms with van der Waals surface area (Å²) in [6, 6.07) is 2.01. The smallest absolute Gasteiger partial charge is 0.255 e. The van der Waals surface area contributed by atoms with Crippen LogP contribution in [-0.2, 0) is 11.3 Å². The van der Waals surface area contributed by atoms with Crippen molar-refractivity contribution in [3.05, 3.63) is 40.1 Å². The number of rotatable bonds is 5. The molecule has 0 spiro atoms. The lowest BCUT2D eigenvalue weighted by Crippen LogP contribution is -2.45. The van der Waals surface area contributed by atoms with Crippen LogP contribution >= 0.6 is 0 Å². The van der Waals surface area contributed by atoms with E-state index in [1.165, 1.54) is 0 Å². The Kier molecular flexibility index (Phi) is 5.16. The minimum absolute atomic E-state index is 0.0478. The maximum atomic E-state index is 12.1. The summed E-state index contributed by atoms with van der Waals surface area (Å²) in [7, 11) is 0. The molecule has 2 N–H and O–H groups in total. The van der Waals surface area contributed by atoms with Gasteiger partial charge in [-0.25, -0.2) is 4.98 Å². The predicted octanol–water partition coefficient (Wildman–Crippen LogP) is 0.759. The molecule has 3 rings (SSSR count). The first-order valence-corrected chi connectivity index (χ1v) is 8.62. The van der Waals surface area contributed by atoms with Crippen LogP contribution in [0.2, 0.25) is 0 Å². The van der Waals surface area contributed by atoms with E-state index in [2.05, 4.69) is 25.3 Å². The normalized spacial score (nSPS) is 15.4. The lowest BCUT2D eigenvalue weighted by molar-refractivity contribution is -0.122. The molecule has 0 atom stereocenters. The van der Waals surface area contributed by atoms with Crippen LogP contribution < -0.4 is 15.8 Å². The van der Waals surface area contributed by atoms with Crippen LogP contribution in [0.15, 0.2) is 23.3 Å². The van der Waals surface area contributed by atoms with Gasteiger partial charge in [-0.15, -0.1) is 0 Å². The Morgan fingerprint density at radius 3 is 2.76 bits per heavy atom. The number of hydrogen-bond acceptors (Lipinski definition) is 5. The highest BCUT2D eigenvalue weighted by Gasteiger charge is 2.22. The molecule has 0 saturated carbocycles. The maximum absolute atomic E-state index is 12.1. The molecule has 0 unspecified atom stereocenters. The van der Waals surface area contributed by atoms with Crippen LogP contribution in [0.3, 0.4) is 0 Å². The van der Waals surface area contributed by atoms with Crippen molar-refractivity contribution in [3.8, 4) is 0 Å². The summed E-state index contributed by atoms with van der Waals surface area (Å²) < 4.78 is 1.75.